The summed E-state index contributed by atoms with van der Waals surface area (Å²) in [5.41, 5.74) is 3.44. The maximum atomic E-state index is 14.4. The van der Waals surface area contributed by atoms with E-state index < -0.39 is 17.8 Å². The highest BCUT2D eigenvalue weighted by Gasteiger charge is 2.12. The molecule has 0 aliphatic heterocycles. The highest BCUT2D eigenvalue weighted by molar-refractivity contribution is 6.00. The van der Waals surface area contributed by atoms with Gasteiger partial charge in [-0.25, -0.2) is 14.0 Å². The van der Waals surface area contributed by atoms with Crippen LogP contribution >= 0.6 is 0 Å². The number of hydrogen-bond donors (Lipinski definition) is 5. The fourth-order valence-electron chi connectivity index (χ4n) is 3.17. The fourth-order valence-corrected chi connectivity index (χ4v) is 3.17. The number of urea groups is 2. The number of halogens is 1. The predicted octanol–water partition coefficient (Wildman–Crippen LogP) is 5.03. The largest absolute Gasteiger partial charge is 0.352 e. The molecule has 3 aromatic carbocycles. The Balaban J connectivity index is 1.39. The zero-order valence-corrected chi connectivity index (χ0v) is 19.6. The molecule has 35 heavy (non-hydrogen) atoms. The van der Waals surface area contributed by atoms with Crippen molar-refractivity contribution < 1.29 is 18.8 Å². The number of nitrogens with one attached hydrogen (secondary N) is 5. The second-order valence-corrected chi connectivity index (χ2v) is 8.00. The minimum Gasteiger partial charge on any atom is -0.352 e. The lowest BCUT2D eigenvalue weighted by Gasteiger charge is -2.11. The van der Waals surface area contributed by atoms with Crippen LogP contribution in [0.25, 0.3) is 0 Å². The molecule has 0 aliphatic rings. The van der Waals surface area contributed by atoms with Gasteiger partial charge in [0.1, 0.15) is 5.82 Å². The number of hydrogen-bond acceptors (Lipinski definition) is 3. The highest BCUT2D eigenvalue weighted by atomic mass is 19.1. The standard InChI is InChI=1S/C26H28FN5O3/c1-17-7-10-20(11-8-17)30-26(35)32-23-12-9-19(16-22(23)27)24(33)28-13-4-14-29-25(34)31-21-6-3-5-18(2)15-21/h3,5-12,15-16H,4,13-14H2,1-2H3,(H,28,33)(H2,29,31,34)(H2,30,32,35). The smallest absolute Gasteiger partial charge is 0.323 e. The van der Waals surface area contributed by atoms with Crippen LogP contribution in [0.5, 0.6) is 0 Å². The Kier molecular flexibility index (Phi) is 8.77. The van der Waals surface area contributed by atoms with Crippen LogP contribution in [-0.2, 0) is 0 Å². The van der Waals surface area contributed by atoms with Crippen LogP contribution in [0.4, 0.5) is 31.0 Å². The first-order chi connectivity index (χ1) is 16.8. The van der Waals surface area contributed by atoms with Gasteiger partial charge in [0.2, 0.25) is 0 Å². The third-order valence-corrected chi connectivity index (χ3v) is 4.99. The molecule has 0 radical (unpaired) electrons. The first-order valence-corrected chi connectivity index (χ1v) is 11.1. The van der Waals surface area contributed by atoms with Gasteiger partial charge >= 0.3 is 12.1 Å². The van der Waals surface area contributed by atoms with Gasteiger partial charge in [-0.05, 0) is 68.3 Å². The molecule has 0 aliphatic carbocycles. The molecule has 0 saturated carbocycles. The number of anilines is 3. The molecule has 3 aromatic rings. The lowest BCUT2D eigenvalue weighted by Crippen LogP contribution is -2.32. The summed E-state index contributed by atoms with van der Waals surface area (Å²) in [6.45, 7) is 4.51. The van der Waals surface area contributed by atoms with Gasteiger partial charge in [-0.2, -0.15) is 0 Å². The Labute approximate surface area is 203 Å². The Bertz CT molecular complexity index is 1200. The van der Waals surface area contributed by atoms with Gasteiger partial charge in [0, 0.05) is 30.0 Å². The minimum atomic E-state index is -0.730. The molecule has 0 spiro atoms. The van der Waals surface area contributed by atoms with Crippen molar-refractivity contribution in [1.82, 2.24) is 10.6 Å². The molecule has 0 unspecified atom stereocenters. The van der Waals surface area contributed by atoms with Gasteiger partial charge in [-0.15, -0.1) is 0 Å². The van der Waals surface area contributed by atoms with Crippen LogP contribution in [0.15, 0.2) is 66.7 Å². The molecule has 8 nitrogen and oxygen atoms in total. The Hall–Kier alpha value is -4.40. The van der Waals surface area contributed by atoms with Crippen LogP contribution < -0.4 is 26.6 Å². The van der Waals surface area contributed by atoms with E-state index in [-0.39, 0.29) is 17.3 Å². The number of benzene rings is 3. The van der Waals surface area contributed by atoms with Crippen molar-refractivity contribution in [3.05, 3.63) is 89.2 Å². The number of rotatable bonds is 8. The van der Waals surface area contributed by atoms with Crippen molar-refractivity contribution in [3.8, 4) is 0 Å². The number of carbonyl (C=O) groups excluding carboxylic acids is 3. The van der Waals surface area contributed by atoms with E-state index in [0.29, 0.717) is 30.9 Å². The molecular weight excluding hydrogens is 449 g/mol. The molecule has 182 valence electrons. The monoisotopic (exact) mass is 477 g/mol. The summed E-state index contributed by atoms with van der Waals surface area (Å²) in [6.07, 6.45) is 0.494. The molecule has 5 amide bonds. The summed E-state index contributed by atoms with van der Waals surface area (Å²) < 4.78 is 14.4. The fraction of sp³-hybridized carbons (Fsp3) is 0.192. The van der Waals surface area contributed by atoms with Crippen LogP contribution in [0, 0.1) is 19.7 Å². The van der Waals surface area contributed by atoms with E-state index in [1.165, 1.54) is 12.1 Å². The Morgan fingerprint density at radius 3 is 2.14 bits per heavy atom. The first-order valence-electron chi connectivity index (χ1n) is 11.1. The molecule has 0 saturated heterocycles. The predicted molar refractivity (Wildman–Crippen MR) is 135 cm³/mol. The van der Waals surface area contributed by atoms with Crippen LogP contribution in [0.1, 0.15) is 27.9 Å². The van der Waals surface area contributed by atoms with Crippen molar-refractivity contribution in [3.63, 3.8) is 0 Å². The van der Waals surface area contributed by atoms with Crippen molar-refractivity contribution in [2.24, 2.45) is 0 Å². The Morgan fingerprint density at radius 1 is 0.714 bits per heavy atom. The van der Waals surface area contributed by atoms with Crippen LogP contribution in [0.2, 0.25) is 0 Å². The SMILES string of the molecule is Cc1ccc(NC(=O)Nc2ccc(C(=O)NCCCNC(=O)Nc3cccc(C)c3)cc2F)cc1. The minimum absolute atomic E-state index is 0.0463. The van der Waals surface area contributed by atoms with E-state index >= 15 is 0 Å². The van der Waals surface area contributed by atoms with Crippen LogP contribution in [-0.4, -0.2) is 31.1 Å². The van der Waals surface area contributed by atoms with E-state index in [2.05, 4.69) is 26.6 Å². The first kappa shape index (κ1) is 25.2. The second kappa shape index (κ2) is 12.2. The maximum absolute atomic E-state index is 14.4. The average Bonchev–Trinajstić information content (AvgIpc) is 2.81. The summed E-state index contributed by atoms with van der Waals surface area (Å²) in [5.74, 6) is -1.19. The molecule has 9 heteroatoms. The van der Waals surface area contributed by atoms with Crippen molar-refractivity contribution in [1.29, 1.82) is 0 Å². The zero-order chi connectivity index (χ0) is 25.2. The zero-order valence-electron chi connectivity index (χ0n) is 19.6. The van der Waals surface area contributed by atoms with E-state index in [0.717, 1.165) is 17.2 Å². The molecule has 0 aromatic heterocycles. The summed E-state index contributed by atoms with van der Waals surface area (Å²) in [7, 11) is 0. The topological polar surface area (TPSA) is 111 Å². The van der Waals surface area contributed by atoms with Gasteiger partial charge in [0.05, 0.1) is 5.69 Å². The molecule has 0 bridgehead atoms. The van der Waals surface area contributed by atoms with Crippen molar-refractivity contribution in [2.45, 2.75) is 20.3 Å². The number of carbonyl (C=O) groups is 3. The third-order valence-electron chi connectivity index (χ3n) is 4.99. The highest BCUT2D eigenvalue weighted by Crippen LogP contribution is 2.17. The third kappa shape index (κ3) is 8.15. The summed E-state index contributed by atoms with van der Waals surface area (Å²) >= 11 is 0. The lowest BCUT2D eigenvalue weighted by molar-refractivity contribution is 0.0953. The van der Waals surface area contributed by atoms with Crippen molar-refractivity contribution in [2.75, 3.05) is 29.0 Å². The van der Waals surface area contributed by atoms with Crippen LogP contribution in [0.3, 0.4) is 0 Å². The lowest BCUT2D eigenvalue weighted by atomic mass is 10.2. The van der Waals surface area contributed by atoms with Gasteiger partial charge in [-0.1, -0.05) is 29.8 Å². The quantitative estimate of drug-likeness (QED) is 0.294. The normalized spacial score (nSPS) is 10.3. The van der Waals surface area contributed by atoms with Gasteiger partial charge in [-0.3, -0.25) is 4.79 Å². The van der Waals surface area contributed by atoms with E-state index in [1.54, 1.807) is 18.2 Å². The molecular formula is C26H28FN5O3. The number of aryl methyl sites for hydroxylation is 2. The molecule has 0 fully saturated rings. The molecule has 5 N–H and O–H groups in total. The Morgan fingerprint density at radius 2 is 1.43 bits per heavy atom. The van der Waals surface area contributed by atoms with Gasteiger partial charge in [0.25, 0.3) is 5.91 Å². The van der Waals surface area contributed by atoms with Gasteiger partial charge < -0.3 is 26.6 Å². The summed E-state index contributed by atoms with van der Waals surface area (Å²) in [5, 5.41) is 13.2. The average molecular weight is 478 g/mol. The molecule has 3 rings (SSSR count). The molecule has 0 atom stereocenters. The molecule has 0 heterocycles. The van der Waals surface area contributed by atoms with E-state index in [9.17, 15) is 18.8 Å². The van der Waals surface area contributed by atoms with E-state index in [4.69, 9.17) is 0 Å². The second-order valence-electron chi connectivity index (χ2n) is 8.00. The van der Waals surface area contributed by atoms with Gasteiger partial charge in [0.15, 0.2) is 0 Å². The summed E-state index contributed by atoms with van der Waals surface area (Å²) in [4.78, 5) is 36.3. The van der Waals surface area contributed by atoms with Crippen molar-refractivity contribution >= 4 is 35.0 Å². The maximum Gasteiger partial charge on any atom is 0.323 e. The van der Waals surface area contributed by atoms with E-state index in [1.807, 2.05) is 44.2 Å². The number of amides is 5. The summed E-state index contributed by atoms with van der Waals surface area (Å²) in [6, 6.07) is 17.5.